The zero-order chi connectivity index (χ0) is 8.72. The lowest BCUT2D eigenvalue weighted by Gasteiger charge is -1.93. The predicted molar refractivity (Wildman–Crippen MR) is 45.5 cm³/mol. The second-order valence-electron chi connectivity index (χ2n) is 2.67. The predicted octanol–water partition coefficient (Wildman–Crippen LogP) is 0.254. The molecule has 0 saturated carbocycles. The van der Waals surface area contributed by atoms with Gasteiger partial charge in [0.2, 0.25) is 0 Å². The molecule has 0 bridgehead atoms. The van der Waals surface area contributed by atoms with Gasteiger partial charge in [-0.3, -0.25) is 0 Å². The average Bonchev–Trinajstić information content (AvgIpc) is 2.29. The van der Waals surface area contributed by atoms with Crippen molar-refractivity contribution >= 4 is 16.9 Å². The lowest BCUT2D eigenvalue weighted by molar-refractivity contribution is 0.789. The van der Waals surface area contributed by atoms with E-state index in [0.29, 0.717) is 5.82 Å². The van der Waals surface area contributed by atoms with Crippen LogP contribution in [0.2, 0.25) is 0 Å². The molecule has 0 spiro atoms. The minimum atomic E-state index is 0.491. The van der Waals surface area contributed by atoms with Crippen molar-refractivity contribution in [2.75, 3.05) is 5.73 Å². The van der Waals surface area contributed by atoms with Crippen molar-refractivity contribution < 1.29 is 0 Å². The Bertz CT molecular complexity index is 431. The molecule has 2 aromatic rings. The number of anilines is 1. The van der Waals surface area contributed by atoms with Gasteiger partial charge in [-0.1, -0.05) is 0 Å². The Kier molecular flexibility index (Phi) is 1.27. The van der Waals surface area contributed by atoms with Crippen molar-refractivity contribution in [2.24, 2.45) is 7.05 Å². The van der Waals surface area contributed by atoms with Crippen LogP contribution in [0.4, 0.5) is 5.82 Å². The third kappa shape index (κ3) is 0.761. The Labute approximate surface area is 69.2 Å². The molecule has 0 aliphatic heterocycles. The normalized spacial score (nSPS) is 10.8. The third-order valence-corrected chi connectivity index (χ3v) is 1.84. The molecule has 0 unspecified atom stereocenters. The fourth-order valence-corrected chi connectivity index (χ4v) is 1.27. The maximum absolute atomic E-state index is 5.67. The molecule has 0 fully saturated rings. The lowest BCUT2D eigenvalue weighted by Crippen LogP contribution is -1.92. The van der Waals surface area contributed by atoms with E-state index in [0.717, 1.165) is 16.7 Å². The molecule has 2 rings (SSSR count). The highest BCUT2D eigenvalue weighted by molar-refractivity contribution is 5.88. The van der Waals surface area contributed by atoms with Crippen LogP contribution in [0.5, 0.6) is 0 Å². The Balaban J connectivity index is 2.99. The van der Waals surface area contributed by atoms with Crippen molar-refractivity contribution in [3.05, 3.63) is 12.0 Å². The fourth-order valence-electron chi connectivity index (χ4n) is 1.27. The fraction of sp³-hybridized carbons (Fsp3) is 0.286. The smallest absolute Gasteiger partial charge is 0.163 e. The molecule has 0 aliphatic carbocycles. The first-order valence-electron chi connectivity index (χ1n) is 3.60. The van der Waals surface area contributed by atoms with Gasteiger partial charge in [0.15, 0.2) is 11.5 Å². The van der Waals surface area contributed by atoms with Crippen LogP contribution in [-0.4, -0.2) is 19.7 Å². The monoisotopic (exact) mass is 163 g/mol. The first-order chi connectivity index (χ1) is 5.70. The third-order valence-electron chi connectivity index (χ3n) is 1.84. The van der Waals surface area contributed by atoms with Crippen molar-refractivity contribution in [1.82, 2.24) is 19.7 Å². The number of aromatic nitrogens is 4. The Morgan fingerprint density at radius 3 is 2.83 bits per heavy atom. The molecule has 2 heterocycles. The Morgan fingerprint density at radius 2 is 2.17 bits per heavy atom. The second kappa shape index (κ2) is 2.17. The van der Waals surface area contributed by atoms with Gasteiger partial charge < -0.3 is 5.73 Å². The first-order valence-corrected chi connectivity index (χ1v) is 3.60. The average molecular weight is 163 g/mol. The topological polar surface area (TPSA) is 69.6 Å². The van der Waals surface area contributed by atoms with E-state index >= 15 is 0 Å². The van der Waals surface area contributed by atoms with Crippen LogP contribution in [0.15, 0.2) is 6.33 Å². The molecule has 0 aromatic carbocycles. The first kappa shape index (κ1) is 7.02. The van der Waals surface area contributed by atoms with Gasteiger partial charge in [0, 0.05) is 7.05 Å². The molecule has 5 nitrogen and oxygen atoms in total. The number of nitrogens with two attached hydrogens (primary N) is 1. The van der Waals surface area contributed by atoms with Gasteiger partial charge in [0.25, 0.3) is 0 Å². The summed E-state index contributed by atoms with van der Waals surface area (Å²) in [5.41, 5.74) is 7.31. The molecule has 0 amide bonds. The van der Waals surface area contributed by atoms with E-state index in [9.17, 15) is 0 Å². The quantitative estimate of drug-likeness (QED) is 0.604. The summed E-state index contributed by atoms with van der Waals surface area (Å²) in [6.45, 7) is 1.89. The molecule has 12 heavy (non-hydrogen) atoms. The van der Waals surface area contributed by atoms with Crippen molar-refractivity contribution in [3.8, 4) is 0 Å². The summed E-state index contributed by atoms with van der Waals surface area (Å²) in [5.74, 6) is 0.491. The molecule has 2 N–H and O–H groups in total. The van der Waals surface area contributed by atoms with E-state index in [1.165, 1.54) is 6.33 Å². The van der Waals surface area contributed by atoms with Crippen LogP contribution >= 0.6 is 0 Å². The van der Waals surface area contributed by atoms with E-state index in [4.69, 9.17) is 5.73 Å². The number of hydrogen-bond acceptors (Lipinski definition) is 4. The molecule has 0 radical (unpaired) electrons. The van der Waals surface area contributed by atoms with Gasteiger partial charge in [0.05, 0.1) is 11.1 Å². The van der Waals surface area contributed by atoms with Gasteiger partial charge in [-0.25, -0.2) is 14.6 Å². The van der Waals surface area contributed by atoms with E-state index in [-0.39, 0.29) is 0 Å². The highest BCUT2D eigenvalue weighted by Crippen LogP contribution is 2.18. The van der Waals surface area contributed by atoms with E-state index in [1.807, 2.05) is 14.0 Å². The highest BCUT2D eigenvalue weighted by atomic mass is 15.3. The number of hydrogen-bond donors (Lipinski definition) is 1. The highest BCUT2D eigenvalue weighted by Gasteiger charge is 2.08. The zero-order valence-electron chi connectivity index (χ0n) is 6.94. The number of rotatable bonds is 0. The molecule has 2 aromatic heterocycles. The van der Waals surface area contributed by atoms with E-state index in [1.54, 1.807) is 4.68 Å². The minimum absolute atomic E-state index is 0.491. The molecular weight excluding hydrogens is 154 g/mol. The number of aryl methyl sites for hydroxylation is 2. The lowest BCUT2D eigenvalue weighted by atomic mass is 10.3. The molecule has 0 atom stereocenters. The van der Waals surface area contributed by atoms with Crippen LogP contribution < -0.4 is 5.73 Å². The number of fused-ring (bicyclic) bond motifs is 1. The minimum Gasteiger partial charge on any atom is -0.382 e. The number of nitrogen functional groups attached to an aromatic ring is 1. The van der Waals surface area contributed by atoms with E-state index in [2.05, 4.69) is 15.1 Å². The van der Waals surface area contributed by atoms with Gasteiger partial charge in [-0.2, -0.15) is 5.10 Å². The van der Waals surface area contributed by atoms with E-state index < -0.39 is 0 Å². The molecular formula is C7H9N5. The van der Waals surface area contributed by atoms with Gasteiger partial charge in [-0.05, 0) is 6.92 Å². The summed E-state index contributed by atoms with van der Waals surface area (Å²) in [6, 6.07) is 0. The van der Waals surface area contributed by atoms with Crippen molar-refractivity contribution in [1.29, 1.82) is 0 Å². The standard InChI is InChI=1S/C7H9N5/c1-4-5-6(8)11-12(2)7(5)10-3-9-4/h3H,1-2H3,(H2,8,11). The summed E-state index contributed by atoms with van der Waals surface area (Å²) >= 11 is 0. The van der Waals surface area contributed by atoms with Crippen molar-refractivity contribution in [3.63, 3.8) is 0 Å². The molecule has 5 heteroatoms. The maximum Gasteiger partial charge on any atom is 0.163 e. The summed E-state index contributed by atoms with van der Waals surface area (Å²) in [6.07, 6.45) is 1.51. The van der Waals surface area contributed by atoms with Gasteiger partial charge >= 0.3 is 0 Å². The summed E-state index contributed by atoms with van der Waals surface area (Å²) < 4.78 is 1.65. The van der Waals surface area contributed by atoms with Crippen LogP contribution in [0.1, 0.15) is 5.69 Å². The molecule has 62 valence electrons. The SMILES string of the molecule is Cc1ncnc2c1c(N)nn2C. The zero-order valence-corrected chi connectivity index (χ0v) is 6.94. The Hall–Kier alpha value is -1.65. The molecule has 0 aliphatic rings. The second-order valence-corrected chi connectivity index (χ2v) is 2.67. The van der Waals surface area contributed by atoms with Crippen LogP contribution in [0.3, 0.4) is 0 Å². The van der Waals surface area contributed by atoms with Crippen LogP contribution in [0, 0.1) is 6.92 Å². The maximum atomic E-state index is 5.67. The van der Waals surface area contributed by atoms with Crippen LogP contribution in [0.25, 0.3) is 11.0 Å². The van der Waals surface area contributed by atoms with Crippen molar-refractivity contribution in [2.45, 2.75) is 6.92 Å². The van der Waals surface area contributed by atoms with Crippen LogP contribution in [-0.2, 0) is 7.05 Å². The summed E-state index contributed by atoms with van der Waals surface area (Å²) in [5, 5.41) is 4.89. The largest absolute Gasteiger partial charge is 0.382 e. The Morgan fingerprint density at radius 1 is 1.42 bits per heavy atom. The number of nitrogens with zero attached hydrogens (tertiary/aromatic N) is 4. The molecule has 0 saturated heterocycles. The summed E-state index contributed by atoms with van der Waals surface area (Å²) in [7, 11) is 1.81. The van der Waals surface area contributed by atoms with Gasteiger partial charge in [-0.15, -0.1) is 0 Å². The van der Waals surface area contributed by atoms with Gasteiger partial charge in [0.1, 0.15) is 6.33 Å². The summed E-state index contributed by atoms with van der Waals surface area (Å²) in [4.78, 5) is 8.11.